The number of hydrogen-bond acceptors (Lipinski definition) is 3. The van der Waals surface area contributed by atoms with Gasteiger partial charge in [-0.25, -0.2) is 13.6 Å². The van der Waals surface area contributed by atoms with Crippen LogP contribution in [0.4, 0.5) is 13.6 Å². The molecular formula is C16H21F2NO3. The van der Waals surface area contributed by atoms with Crippen molar-refractivity contribution in [2.45, 2.75) is 51.6 Å². The van der Waals surface area contributed by atoms with Gasteiger partial charge in [0.1, 0.15) is 11.8 Å². The maximum absolute atomic E-state index is 13.6. The van der Waals surface area contributed by atoms with Gasteiger partial charge in [0.2, 0.25) is 0 Å². The Hall–Kier alpha value is -1.69. The van der Waals surface area contributed by atoms with E-state index in [1.807, 2.05) is 30.3 Å². The minimum Gasteiger partial charge on any atom is -0.444 e. The van der Waals surface area contributed by atoms with Crippen LogP contribution >= 0.6 is 0 Å². The number of benzene rings is 1. The molecule has 1 aliphatic heterocycles. The molecule has 2 rings (SSSR count). The smallest absolute Gasteiger partial charge is 0.412 e. The summed E-state index contributed by atoms with van der Waals surface area (Å²) in [4.78, 5) is 13.0. The van der Waals surface area contributed by atoms with Crippen molar-refractivity contribution in [3.05, 3.63) is 35.9 Å². The molecule has 1 aromatic rings. The van der Waals surface area contributed by atoms with Crippen LogP contribution in [0.2, 0.25) is 0 Å². The van der Waals surface area contributed by atoms with Gasteiger partial charge < -0.3 is 9.47 Å². The standard InChI is InChI=1S/C16H21F2NO3/c1-15(2,3)22-14(20)19-11-16(17,18)9-13(19)21-10-12-7-5-4-6-8-12/h4-8,13H,9-11H2,1-3H3. The SMILES string of the molecule is CC(C)(C)OC(=O)N1CC(F)(F)CC1OCc1ccccc1. The molecule has 0 bridgehead atoms. The maximum Gasteiger partial charge on any atom is 0.412 e. The third kappa shape index (κ3) is 4.66. The van der Waals surface area contributed by atoms with Gasteiger partial charge in [0.15, 0.2) is 0 Å². The van der Waals surface area contributed by atoms with Crippen molar-refractivity contribution >= 4 is 6.09 Å². The molecule has 1 aliphatic rings. The topological polar surface area (TPSA) is 38.8 Å². The third-order valence-corrected chi connectivity index (χ3v) is 3.14. The lowest BCUT2D eigenvalue weighted by molar-refractivity contribution is -0.0572. The van der Waals surface area contributed by atoms with Gasteiger partial charge in [-0.2, -0.15) is 0 Å². The number of ether oxygens (including phenoxy) is 2. The zero-order valence-corrected chi connectivity index (χ0v) is 13.0. The first kappa shape index (κ1) is 16.7. The van der Waals surface area contributed by atoms with E-state index in [1.54, 1.807) is 20.8 Å². The van der Waals surface area contributed by atoms with E-state index < -0.39 is 36.8 Å². The second-order valence-electron chi connectivity index (χ2n) is 6.42. The summed E-state index contributed by atoms with van der Waals surface area (Å²) in [5, 5.41) is 0. The van der Waals surface area contributed by atoms with Crippen LogP contribution in [0.15, 0.2) is 30.3 Å². The molecule has 0 radical (unpaired) electrons. The minimum absolute atomic E-state index is 0.168. The summed E-state index contributed by atoms with van der Waals surface area (Å²) in [6.07, 6.45) is -2.27. The number of carbonyl (C=O) groups is 1. The van der Waals surface area contributed by atoms with Crippen molar-refractivity contribution in [1.29, 1.82) is 0 Å². The molecule has 1 amide bonds. The fraction of sp³-hybridized carbons (Fsp3) is 0.562. The van der Waals surface area contributed by atoms with Crippen LogP contribution in [-0.2, 0) is 16.1 Å². The summed E-state index contributed by atoms with van der Waals surface area (Å²) in [6, 6.07) is 9.22. The van der Waals surface area contributed by atoms with Crippen molar-refractivity contribution in [1.82, 2.24) is 4.90 Å². The molecule has 1 aromatic carbocycles. The van der Waals surface area contributed by atoms with Gasteiger partial charge >= 0.3 is 6.09 Å². The second kappa shape index (κ2) is 6.20. The van der Waals surface area contributed by atoms with Gasteiger partial charge in [0, 0.05) is 0 Å². The number of nitrogens with zero attached hydrogens (tertiary/aromatic N) is 1. The first-order valence-corrected chi connectivity index (χ1v) is 7.19. The van der Waals surface area contributed by atoms with Gasteiger partial charge in [-0.15, -0.1) is 0 Å². The summed E-state index contributed by atoms with van der Waals surface area (Å²) in [5.74, 6) is -2.96. The fourth-order valence-corrected chi connectivity index (χ4v) is 2.20. The molecule has 0 aromatic heterocycles. The lowest BCUT2D eigenvalue weighted by Gasteiger charge is -2.28. The van der Waals surface area contributed by atoms with Crippen LogP contribution in [0.1, 0.15) is 32.8 Å². The Balaban J connectivity index is 2.02. The summed E-state index contributed by atoms with van der Waals surface area (Å²) in [6.45, 7) is 4.57. The normalized spacial score (nSPS) is 21.0. The summed E-state index contributed by atoms with van der Waals surface area (Å²) in [7, 11) is 0. The fourth-order valence-electron chi connectivity index (χ4n) is 2.20. The van der Waals surface area contributed by atoms with E-state index in [2.05, 4.69) is 0 Å². The highest BCUT2D eigenvalue weighted by Crippen LogP contribution is 2.34. The van der Waals surface area contributed by atoms with E-state index in [-0.39, 0.29) is 6.61 Å². The molecular weight excluding hydrogens is 292 g/mol. The minimum atomic E-state index is -2.96. The number of amides is 1. The average molecular weight is 313 g/mol. The number of carbonyl (C=O) groups excluding carboxylic acids is 1. The van der Waals surface area contributed by atoms with Crippen LogP contribution in [0.3, 0.4) is 0 Å². The van der Waals surface area contributed by atoms with E-state index in [0.717, 1.165) is 10.5 Å². The quantitative estimate of drug-likeness (QED) is 0.852. The summed E-state index contributed by atoms with van der Waals surface area (Å²) < 4.78 is 38.0. The highest BCUT2D eigenvalue weighted by atomic mass is 19.3. The summed E-state index contributed by atoms with van der Waals surface area (Å²) in [5.41, 5.74) is 0.126. The molecule has 1 atom stereocenters. The lowest BCUT2D eigenvalue weighted by atomic mass is 10.2. The molecule has 6 heteroatoms. The largest absolute Gasteiger partial charge is 0.444 e. The second-order valence-corrected chi connectivity index (χ2v) is 6.42. The Morgan fingerprint density at radius 3 is 2.55 bits per heavy atom. The zero-order valence-electron chi connectivity index (χ0n) is 13.0. The third-order valence-electron chi connectivity index (χ3n) is 3.14. The number of alkyl halides is 2. The first-order valence-electron chi connectivity index (χ1n) is 7.19. The van der Waals surface area contributed by atoms with Crippen LogP contribution in [-0.4, -0.2) is 35.3 Å². The van der Waals surface area contributed by atoms with E-state index in [9.17, 15) is 13.6 Å². The van der Waals surface area contributed by atoms with Crippen LogP contribution in [0.25, 0.3) is 0 Å². The Kier molecular flexibility index (Phi) is 4.70. The molecule has 0 saturated carbocycles. The molecule has 22 heavy (non-hydrogen) atoms. The zero-order chi connectivity index (χ0) is 16.4. The predicted octanol–water partition coefficient (Wildman–Crippen LogP) is 3.81. The van der Waals surface area contributed by atoms with Gasteiger partial charge in [0.25, 0.3) is 5.92 Å². The van der Waals surface area contributed by atoms with Crippen molar-refractivity contribution < 1.29 is 23.0 Å². The highest BCUT2D eigenvalue weighted by molar-refractivity contribution is 5.69. The van der Waals surface area contributed by atoms with Crippen molar-refractivity contribution in [3.8, 4) is 0 Å². The van der Waals surface area contributed by atoms with Gasteiger partial charge in [-0.05, 0) is 26.3 Å². The lowest BCUT2D eigenvalue weighted by Crippen LogP contribution is -2.41. The Bertz CT molecular complexity index is 514. The van der Waals surface area contributed by atoms with Crippen molar-refractivity contribution in [2.75, 3.05) is 6.54 Å². The van der Waals surface area contributed by atoms with E-state index >= 15 is 0 Å². The molecule has 0 aliphatic carbocycles. The number of hydrogen-bond donors (Lipinski definition) is 0. The van der Waals surface area contributed by atoms with Gasteiger partial charge in [0.05, 0.1) is 19.6 Å². The van der Waals surface area contributed by atoms with Gasteiger partial charge in [-0.1, -0.05) is 30.3 Å². The predicted molar refractivity (Wildman–Crippen MR) is 77.5 cm³/mol. The molecule has 4 nitrogen and oxygen atoms in total. The van der Waals surface area contributed by atoms with E-state index in [0.29, 0.717) is 0 Å². The Labute approximate surface area is 129 Å². The van der Waals surface area contributed by atoms with Crippen molar-refractivity contribution in [2.24, 2.45) is 0 Å². The molecule has 0 spiro atoms. The van der Waals surface area contributed by atoms with Crippen LogP contribution in [0, 0.1) is 0 Å². The first-order chi connectivity index (χ1) is 10.2. The van der Waals surface area contributed by atoms with Crippen LogP contribution < -0.4 is 0 Å². The van der Waals surface area contributed by atoms with E-state index in [4.69, 9.17) is 9.47 Å². The van der Waals surface area contributed by atoms with Gasteiger partial charge in [-0.3, -0.25) is 4.90 Å². The van der Waals surface area contributed by atoms with Crippen LogP contribution in [0.5, 0.6) is 0 Å². The Morgan fingerprint density at radius 2 is 1.95 bits per heavy atom. The molecule has 1 unspecified atom stereocenters. The number of rotatable bonds is 3. The average Bonchev–Trinajstić information content (AvgIpc) is 2.71. The molecule has 122 valence electrons. The maximum atomic E-state index is 13.6. The molecule has 1 fully saturated rings. The molecule has 1 saturated heterocycles. The summed E-state index contributed by atoms with van der Waals surface area (Å²) >= 11 is 0. The molecule has 1 heterocycles. The van der Waals surface area contributed by atoms with Crippen molar-refractivity contribution in [3.63, 3.8) is 0 Å². The monoisotopic (exact) mass is 313 g/mol. The number of halogens is 2. The number of likely N-dealkylation sites (tertiary alicyclic amines) is 1. The van der Waals surface area contributed by atoms with E-state index in [1.165, 1.54) is 0 Å². The molecule has 0 N–H and O–H groups in total. The Morgan fingerprint density at radius 1 is 1.32 bits per heavy atom. The highest BCUT2D eigenvalue weighted by Gasteiger charge is 2.49.